The number of benzene rings is 2. The average Bonchev–Trinajstić information content (AvgIpc) is 2.62. The Labute approximate surface area is 158 Å². The summed E-state index contributed by atoms with van der Waals surface area (Å²) in [6.45, 7) is 0.277. The third kappa shape index (κ3) is 7.59. The van der Waals surface area contributed by atoms with E-state index in [-0.39, 0.29) is 12.3 Å². The number of rotatable bonds is 10. The fourth-order valence-corrected chi connectivity index (χ4v) is 3.85. The van der Waals surface area contributed by atoms with Crippen LogP contribution in [0.3, 0.4) is 0 Å². The number of nitrogens with one attached hydrogen (secondary N) is 2. The summed E-state index contributed by atoms with van der Waals surface area (Å²) < 4.78 is 26.8. The normalized spacial score (nSPS) is 12.3. The molecule has 0 aliphatic heterocycles. The summed E-state index contributed by atoms with van der Waals surface area (Å²) >= 11 is 0. The molecule has 0 radical (unpaired) electrons. The first-order chi connectivity index (χ1) is 12.9. The van der Waals surface area contributed by atoms with Crippen LogP contribution in [0.1, 0.15) is 17.5 Å². The second-order valence-corrected chi connectivity index (χ2v) is 7.79. The molecule has 0 aliphatic carbocycles. The first-order valence-electron chi connectivity index (χ1n) is 8.43. The summed E-state index contributed by atoms with van der Waals surface area (Å²) in [5.74, 6) is -2.26. The molecule has 8 heteroatoms. The van der Waals surface area contributed by atoms with E-state index in [0.29, 0.717) is 12.0 Å². The summed E-state index contributed by atoms with van der Waals surface area (Å²) in [5.41, 5.74) is 1.56. The van der Waals surface area contributed by atoms with E-state index in [2.05, 4.69) is 10.0 Å². The fourth-order valence-electron chi connectivity index (χ4n) is 2.51. The van der Waals surface area contributed by atoms with Gasteiger partial charge in [0.2, 0.25) is 15.9 Å². The Morgan fingerprint density at radius 2 is 1.48 bits per heavy atom. The van der Waals surface area contributed by atoms with Crippen molar-refractivity contribution in [2.45, 2.75) is 24.6 Å². The molecule has 1 amide bonds. The van der Waals surface area contributed by atoms with Gasteiger partial charge in [0, 0.05) is 6.54 Å². The molecular formula is C19H22N2O5S. The lowest BCUT2D eigenvalue weighted by molar-refractivity contribution is -0.139. The molecule has 0 unspecified atom stereocenters. The van der Waals surface area contributed by atoms with Gasteiger partial charge in [-0.1, -0.05) is 60.7 Å². The van der Waals surface area contributed by atoms with Crippen molar-refractivity contribution in [2.24, 2.45) is 0 Å². The van der Waals surface area contributed by atoms with Crippen LogP contribution >= 0.6 is 0 Å². The number of carboxylic acids is 1. The van der Waals surface area contributed by atoms with Crippen LogP contribution in [-0.4, -0.2) is 38.0 Å². The van der Waals surface area contributed by atoms with Crippen molar-refractivity contribution in [3.63, 3.8) is 0 Å². The Bertz CT molecular complexity index is 854. The number of amides is 1. The molecule has 1 atom stereocenters. The van der Waals surface area contributed by atoms with Crippen LogP contribution in [0.5, 0.6) is 0 Å². The summed E-state index contributed by atoms with van der Waals surface area (Å²) in [6, 6.07) is 16.5. The van der Waals surface area contributed by atoms with Gasteiger partial charge < -0.3 is 10.4 Å². The lowest BCUT2D eigenvalue weighted by Gasteiger charge is -2.17. The molecule has 2 rings (SSSR count). The number of carbonyl (C=O) groups is 2. The Morgan fingerprint density at radius 3 is 2.04 bits per heavy atom. The maximum Gasteiger partial charge on any atom is 0.305 e. The van der Waals surface area contributed by atoms with Crippen LogP contribution in [-0.2, 0) is 31.8 Å². The van der Waals surface area contributed by atoms with Gasteiger partial charge in [-0.15, -0.1) is 0 Å². The van der Waals surface area contributed by atoms with E-state index in [1.165, 1.54) is 0 Å². The van der Waals surface area contributed by atoms with Crippen molar-refractivity contribution >= 4 is 21.9 Å². The van der Waals surface area contributed by atoms with Crippen LogP contribution in [0, 0.1) is 0 Å². The number of carbonyl (C=O) groups excluding carboxylic acids is 1. The zero-order chi connectivity index (χ0) is 19.7. The minimum atomic E-state index is -3.88. The summed E-state index contributed by atoms with van der Waals surface area (Å²) in [5, 5.41) is 11.6. The van der Waals surface area contributed by atoms with Gasteiger partial charge in [-0.25, -0.2) is 13.1 Å². The third-order valence-corrected chi connectivity index (χ3v) is 5.13. The Hall–Kier alpha value is -2.71. The highest BCUT2D eigenvalue weighted by Crippen LogP contribution is 2.06. The quantitative estimate of drug-likeness (QED) is 0.566. The predicted molar refractivity (Wildman–Crippen MR) is 101 cm³/mol. The predicted octanol–water partition coefficient (Wildman–Crippen LogP) is 1.31. The first-order valence-corrected chi connectivity index (χ1v) is 10.1. The van der Waals surface area contributed by atoms with Crippen LogP contribution < -0.4 is 10.0 Å². The molecule has 2 aromatic rings. The average molecular weight is 390 g/mol. The van der Waals surface area contributed by atoms with Gasteiger partial charge >= 0.3 is 5.97 Å². The Morgan fingerprint density at radius 1 is 0.926 bits per heavy atom. The van der Waals surface area contributed by atoms with E-state index < -0.39 is 34.4 Å². The molecule has 0 aliphatic rings. The monoisotopic (exact) mass is 390 g/mol. The zero-order valence-corrected chi connectivity index (χ0v) is 15.5. The van der Waals surface area contributed by atoms with E-state index in [1.807, 2.05) is 30.3 Å². The molecule has 0 spiro atoms. The topological polar surface area (TPSA) is 113 Å². The van der Waals surface area contributed by atoms with Gasteiger partial charge in [0.25, 0.3) is 0 Å². The second-order valence-electron chi connectivity index (χ2n) is 6.04. The summed E-state index contributed by atoms with van der Waals surface area (Å²) in [4.78, 5) is 23.3. The third-order valence-electron chi connectivity index (χ3n) is 3.77. The molecule has 0 heterocycles. The lowest BCUT2D eigenvalue weighted by atomic mass is 10.1. The summed E-state index contributed by atoms with van der Waals surface area (Å²) in [6.07, 6.45) is -0.0751. The van der Waals surface area contributed by atoms with Crippen LogP contribution in [0.4, 0.5) is 0 Å². The second kappa shape index (κ2) is 9.84. The highest BCUT2D eigenvalue weighted by Gasteiger charge is 2.26. The van der Waals surface area contributed by atoms with Gasteiger partial charge in [0.05, 0.1) is 12.2 Å². The van der Waals surface area contributed by atoms with Crippen molar-refractivity contribution < 1.29 is 23.1 Å². The molecule has 27 heavy (non-hydrogen) atoms. The van der Waals surface area contributed by atoms with Gasteiger partial charge in [0.1, 0.15) is 6.04 Å². The SMILES string of the molecule is O=C(O)C[C@H](NS(=O)(=O)Cc1ccccc1)C(=O)NCCc1ccccc1. The fraction of sp³-hybridized carbons (Fsp3) is 0.263. The van der Waals surface area contributed by atoms with E-state index in [1.54, 1.807) is 30.3 Å². The zero-order valence-electron chi connectivity index (χ0n) is 14.7. The standard InChI is InChI=1S/C19H22N2O5S/c22-18(23)13-17(19(24)20-12-11-15-7-3-1-4-8-15)21-27(25,26)14-16-9-5-2-6-10-16/h1-10,17,21H,11-14H2,(H,20,24)(H,22,23)/t17-/m0/s1. The van der Waals surface area contributed by atoms with Crippen molar-refractivity contribution in [3.8, 4) is 0 Å². The number of hydrogen-bond donors (Lipinski definition) is 3. The van der Waals surface area contributed by atoms with Crippen LogP contribution in [0.25, 0.3) is 0 Å². The lowest BCUT2D eigenvalue weighted by Crippen LogP contribution is -2.48. The largest absolute Gasteiger partial charge is 0.481 e. The van der Waals surface area contributed by atoms with E-state index in [0.717, 1.165) is 5.56 Å². The van der Waals surface area contributed by atoms with Crippen molar-refractivity contribution in [2.75, 3.05) is 6.54 Å². The smallest absolute Gasteiger partial charge is 0.305 e. The molecule has 144 valence electrons. The highest BCUT2D eigenvalue weighted by molar-refractivity contribution is 7.88. The van der Waals surface area contributed by atoms with Gasteiger partial charge in [-0.3, -0.25) is 9.59 Å². The van der Waals surface area contributed by atoms with Crippen LogP contribution in [0.2, 0.25) is 0 Å². The Kier molecular flexibility index (Phi) is 7.51. The van der Waals surface area contributed by atoms with E-state index in [4.69, 9.17) is 5.11 Å². The Balaban J connectivity index is 1.96. The first kappa shape index (κ1) is 20.6. The van der Waals surface area contributed by atoms with Crippen molar-refractivity contribution in [1.29, 1.82) is 0 Å². The summed E-state index contributed by atoms with van der Waals surface area (Å²) in [7, 11) is -3.88. The number of hydrogen-bond acceptors (Lipinski definition) is 4. The highest BCUT2D eigenvalue weighted by atomic mass is 32.2. The number of sulfonamides is 1. The molecule has 3 N–H and O–H groups in total. The molecule has 0 saturated heterocycles. The van der Waals surface area contributed by atoms with E-state index >= 15 is 0 Å². The van der Waals surface area contributed by atoms with E-state index in [9.17, 15) is 18.0 Å². The maximum atomic E-state index is 12.3. The minimum Gasteiger partial charge on any atom is -0.481 e. The minimum absolute atomic E-state index is 0.277. The van der Waals surface area contributed by atoms with Crippen LogP contribution in [0.15, 0.2) is 60.7 Å². The maximum absolute atomic E-state index is 12.3. The number of carboxylic acid groups (broad SMARTS) is 1. The van der Waals surface area contributed by atoms with Gasteiger partial charge in [-0.05, 0) is 17.5 Å². The molecular weight excluding hydrogens is 368 g/mol. The molecule has 0 fully saturated rings. The molecule has 0 saturated carbocycles. The van der Waals surface area contributed by atoms with Crippen molar-refractivity contribution in [3.05, 3.63) is 71.8 Å². The molecule has 0 bridgehead atoms. The van der Waals surface area contributed by atoms with Gasteiger partial charge in [0.15, 0.2) is 0 Å². The molecule has 0 aromatic heterocycles. The molecule has 7 nitrogen and oxygen atoms in total. The molecule has 2 aromatic carbocycles. The van der Waals surface area contributed by atoms with Gasteiger partial charge in [-0.2, -0.15) is 0 Å². The van der Waals surface area contributed by atoms with Crippen molar-refractivity contribution in [1.82, 2.24) is 10.0 Å². The number of aliphatic carboxylic acids is 1.